The second kappa shape index (κ2) is 9.01. The minimum absolute atomic E-state index is 0.359. The Hall–Kier alpha value is -0.0800. The van der Waals surface area contributed by atoms with Crippen LogP contribution in [0.5, 0.6) is 0 Å². The van der Waals surface area contributed by atoms with Gasteiger partial charge in [0.2, 0.25) is 0 Å². The first-order valence-corrected chi connectivity index (χ1v) is 4.96. The lowest BCUT2D eigenvalue weighted by molar-refractivity contribution is 0.281. The van der Waals surface area contributed by atoms with Crippen molar-refractivity contribution < 1.29 is 9.84 Å². The van der Waals surface area contributed by atoms with Crippen molar-refractivity contribution in [3.8, 4) is 0 Å². The van der Waals surface area contributed by atoms with Crippen LogP contribution in [-0.2, 0) is 4.74 Å². The second-order valence-corrected chi connectivity index (χ2v) is 3.58. The molecule has 12 heavy (non-hydrogen) atoms. The van der Waals surface area contributed by atoms with Crippen molar-refractivity contribution in [2.24, 2.45) is 5.92 Å². The van der Waals surface area contributed by atoms with Gasteiger partial charge in [0.25, 0.3) is 0 Å². The second-order valence-electron chi connectivity index (χ2n) is 3.58. The molecule has 0 aromatic rings. The summed E-state index contributed by atoms with van der Waals surface area (Å²) in [6, 6.07) is 0. The molecule has 1 aliphatic rings. The lowest BCUT2D eigenvalue weighted by Crippen LogP contribution is -1.88. The van der Waals surface area contributed by atoms with Crippen LogP contribution >= 0.6 is 0 Å². The van der Waals surface area contributed by atoms with E-state index < -0.39 is 0 Å². The van der Waals surface area contributed by atoms with Crippen LogP contribution in [0.3, 0.4) is 0 Å². The Morgan fingerprint density at radius 3 is 2.08 bits per heavy atom. The van der Waals surface area contributed by atoms with Crippen LogP contribution in [0.25, 0.3) is 0 Å². The van der Waals surface area contributed by atoms with Gasteiger partial charge in [-0.25, -0.2) is 0 Å². The first kappa shape index (κ1) is 11.9. The summed E-state index contributed by atoms with van der Waals surface area (Å²) in [5.41, 5.74) is 0. The highest BCUT2D eigenvalue weighted by Crippen LogP contribution is 2.06. The quantitative estimate of drug-likeness (QED) is 0.512. The summed E-state index contributed by atoms with van der Waals surface area (Å²) in [6.45, 7) is 6.83. The fraction of sp³-hybridized carbons (Fsp3) is 1.00. The van der Waals surface area contributed by atoms with E-state index in [1.807, 2.05) is 0 Å². The molecule has 2 nitrogen and oxygen atoms in total. The summed E-state index contributed by atoms with van der Waals surface area (Å²) < 4.78 is 4.50. The van der Waals surface area contributed by atoms with Crippen LogP contribution in [0.4, 0.5) is 0 Å². The van der Waals surface area contributed by atoms with Crippen molar-refractivity contribution in [2.45, 2.75) is 39.5 Å². The maximum atomic E-state index is 8.43. The third-order valence-corrected chi connectivity index (χ3v) is 1.64. The molecule has 0 bridgehead atoms. The molecule has 0 saturated carbocycles. The number of ether oxygens (including phenoxy) is 1. The highest BCUT2D eigenvalue weighted by atomic mass is 16.6. The number of hydrogen-bond donors (Lipinski definition) is 1. The van der Waals surface area contributed by atoms with Gasteiger partial charge >= 0.3 is 0 Å². The lowest BCUT2D eigenvalue weighted by atomic mass is 10.1. The Morgan fingerprint density at radius 1 is 1.17 bits per heavy atom. The van der Waals surface area contributed by atoms with Crippen LogP contribution < -0.4 is 0 Å². The first-order valence-electron chi connectivity index (χ1n) is 4.96. The van der Waals surface area contributed by atoms with E-state index in [9.17, 15) is 0 Å². The predicted molar refractivity (Wildman–Crippen MR) is 51.2 cm³/mol. The Balaban J connectivity index is 0.000000330. The minimum atomic E-state index is 0.359. The van der Waals surface area contributed by atoms with Crippen LogP contribution in [0.15, 0.2) is 0 Å². The summed E-state index contributed by atoms with van der Waals surface area (Å²) in [6.07, 6.45) is 4.75. The van der Waals surface area contributed by atoms with Crippen molar-refractivity contribution in [1.82, 2.24) is 0 Å². The van der Waals surface area contributed by atoms with Gasteiger partial charge in [-0.05, 0) is 12.3 Å². The number of rotatable bonds is 5. The molecule has 0 radical (unpaired) electrons. The highest BCUT2D eigenvalue weighted by molar-refractivity contribution is 4.45. The highest BCUT2D eigenvalue weighted by Gasteiger charge is 1.94. The summed E-state index contributed by atoms with van der Waals surface area (Å²) in [7, 11) is 0. The minimum Gasteiger partial charge on any atom is -0.396 e. The van der Waals surface area contributed by atoms with Crippen LogP contribution in [0.1, 0.15) is 39.5 Å². The maximum absolute atomic E-state index is 8.43. The van der Waals surface area contributed by atoms with Crippen molar-refractivity contribution in [3.05, 3.63) is 0 Å². The van der Waals surface area contributed by atoms with Crippen LogP contribution in [0, 0.1) is 5.92 Å². The molecule has 0 aromatic heterocycles. The number of aliphatic hydroxyl groups excluding tert-OH is 1. The fourth-order valence-corrected chi connectivity index (χ4v) is 0.841. The first-order chi connectivity index (χ1) is 5.77. The molecule has 1 heterocycles. The molecule has 0 amide bonds. The van der Waals surface area contributed by atoms with Crippen LogP contribution in [-0.4, -0.2) is 24.9 Å². The maximum Gasteiger partial charge on any atom is 0.0701 e. The molecular formula is C10H22O2. The van der Waals surface area contributed by atoms with Gasteiger partial charge in [-0.3, -0.25) is 0 Å². The van der Waals surface area contributed by atoms with E-state index in [1.165, 1.54) is 19.3 Å². The Morgan fingerprint density at radius 2 is 1.75 bits per heavy atom. The molecule has 0 atom stereocenters. The van der Waals surface area contributed by atoms with Gasteiger partial charge in [-0.2, -0.15) is 0 Å². The third kappa shape index (κ3) is 16.5. The number of hydrogen-bond acceptors (Lipinski definition) is 2. The largest absolute Gasteiger partial charge is 0.396 e. The lowest BCUT2D eigenvalue weighted by Gasteiger charge is -2.01. The third-order valence-electron chi connectivity index (χ3n) is 1.64. The monoisotopic (exact) mass is 174 g/mol. The topological polar surface area (TPSA) is 32.8 Å². The molecule has 1 rings (SSSR count). The van der Waals surface area contributed by atoms with E-state index in [1.54, 1.807) is 0 Å². The predicted octanol–water partition coefficient (Wildman–Crippen LogP) is 2.21. The van der Waals surface area contributed by atoms with Gasteiger partial charge in [0.05, 0.1) is 13.2 Å². The Kier molecular flexibility index (Phi) is 8.95. The molecule has 1 saturated heterocycles. The van der Waals surface area contributed by atoms with E-state index in [2.05, 4.69) is 18.6 Å². The normalized spacial score (nSPS) is 14.0. The van der Waals surface area contributed by atoms with Crippen molar-refractivity contribution in [3.63, 3.8) is 0 Å². The van der Waals surface area contributed by atoms with E-state index in [0.717, 1.165) is 25.6 Å². The van der Waals surface area contributed by atoms with Crippen molar-refractivity contribution in [2.75, 3.05) is 19.8 Å². The van der Waals surface area contributed by atoms with Crippen LogP contribution in [0.2, 0.25) is 0 Å². The van der Waals surface area contributed by atoms with E-state index >= 15 is 0 Å². The molecule has 0 aromatic carbocycles. The molecular weight excluding hydrogens is 152 g/mol. The SMILES string of the molecule is C1CO1.CC(C)CCCCCO. The zero-order valence-corrected chi connectivity index (χ0v) is 8.38. The molecule has 2 heteroatoms. The van der Waals surface area contributed by atoms with Gasteiger partial charge < -0.3 is 9.84 Å². The standard InChI is InChI=1S/C8H18O.C2H4O/c1-8(2)6-4-3-5-7-9;1-2-3-1/h8-9H,3-7H2,1-2H3;1-2H2. The molecule has 0 spiro atoms. The van der Waals surface area contributed by atoms with Gasteiger partial charge in [0.15, 0.2) is 0 Å². The van der Waals surface area contributed by atoms with Gasteiger partial charge in [-0.1, -0.05) is 33.1 Å². The smallest absolute Gasteiger partial charge is 0.0701 e. The van der Waals surface area contributed by atoms with Gasteiger partial charge in [0, 0.05) is 6.61 Å². The Bertz CT molecular complexity index is 77.2. The Labute approximate surface area is 75.9 Å². The average Bonchev–Trinajstić information content (AvgIpc) is 2.83. The van der Waals surface area contributed by atoms with Gasteiger partial charge in [-0.15, -0.1) is 0 Å². The number of epoxide rings is 1. The fourth-order valence-electron chi connectivity index (χ4n) is 0.841. The average molecular weight is 174 g/mol. The zero-order valence-electron chi connectivity index (χ0n) is 8.38. The number of unbranched alkanes of at least 4 members (excludes halogenated alkanes) is 2. The van der Waals surface area contributed by atoms with E-state index in [4.69, 9.17) is 5.11 Å². The van der Waals surface area contributed by atoms with E-state index in [0.29, 0.717) is 6.61 Å². The summed E-state index contributed by atoms with van der Waals surface area (Å²) in [5, 5.41) is 8.43. The summed E-state index contributed by atoms with van der Waals surface area (Å²) in [4.78, 5) is 0. The summed E-state index contributed by atoms with van der Waals surface area (Å²) >= 11 is 0. The van der Waals surface area contributed by atoms with E-state index in [-0.39, 0.29) is 0 Å². The molecule has 0 unspecified atom stereocenters. The number of aliphatic hydroxyl groups is 1. The molecule has 74 valence electrons. The molecule has 1 N–H and O–H groups in total. The van der Waals surface area contributed by atoms with Crippen molar-refractivity contribution >= 4 is 0 Å². The van der Waals surface area contributed by atoms with Crippen molar-refractivity contribution in [1.29, 1.82) is 0 Å². The van der Waals surface area contributed by atoms with Gasteiger partial charge in [0.1, 0.15) is 0 Å². The summed E-state index contributed by atoms with van der Waals surface area (Å²) in [5.74, 6) is 0.823. The zero-order chi connectivity index (χ0) is 9.23. The molecule has 0 aliphatic carbocycles. The molecule has 1 aliphatic heterocycles. The molecule has 1 fully saturated rings.